The van der Waals surface area contributed by atoms with Crippen molar-refractivity contribution in [1.82, 2.24) is 5.32 Å². The van der Waals surface area contributed by atoms with Crippen LogP contribution in [0, 0.1) is 6.92 Å². The van der Waals surface area contributed by atoms with Crippen molar-refractivity contribution in [2.24, 2.45) is 0 Å². The summed E-state index contributed by atoms with van der Waals surface area (Å²) in [4.78, 5) is 0. The van der Waals surface area contributed by atoms with Crippen molar-refractivity contribution in [3.63, 3.8) is 0 Å². The average molecular weight is 286 g/mol. The number of hydrogen-bond donors (Lipinski definition) is 2. The fraction of sp³-hybridized carbons (Fsp3) is 0.500. The van der Waals surface area contributed by atoms with E-state index in [1.807, 2.05) is 13.0 Å². The highest BCUT2D eigenvalue weighted by Crippen LogP contribution is 2.41. The second-order valence-corrected chi connectivity index (χ2v) is 5.00. The summed E-state index contributed by atoms with van der Waals surface area (Å²) in [5.41, 5.74) is 1.81. The number of methoxy groups -OCH3 is 1. The highest BCUT2D eigenvalue weighted by molar-refractivity contribution is 9.10. The largest absolute Gasteiger partial charge is 0.507 e. The van der Waals surface area contributed by atoms with Crippen LogP contribution in [0.15, 0.2) is 10.5 Å². The summed E-state index contributed by atoms with van der Waals surface area (Å²) in [6.45, 7) is 3.84. The minimum atomic E-state index is 0.369. The molecule has 2 N–H and O–H groups in total. The van der Waals surface area contributed by atoms with Gasteiger partial charge in [-0.05, 0) is 47.4 Å². The van der Waals surface area contributed by atoms with E-state index in [-0.39, 0.29) is 0 Å². The van der Waals surface area contributed by atoms with Gasteiger partial charge in [-0.15, -0.1) is 0 Å². The molecule has 1 aromatic carbocycles. The van der Waals surface area contributed by atoms with Crippen molar-refractivity contribution < 1.29 is 9.84 Å². The maximum atomic E-state index is 10.2. The Hall–Kier alpha value is -0.740. The molecule has 1 aliphatic rings. The summed E-state index contributed by atoms with van der Waals surface area (Å²) in [7, 11) is 1.61. The van der Waals surface area contributed by atoms with Crippen molar-refractivity contribution in [3.8, 4) is 11.5 Å². The van der Waals surface area contributed by atoms with Crippen LogP contribution >= 0.6 is 15.9 Å². The SMILES string of the molecule is COc1c(Br)cc(C2CCNC2)c(O)c1C. The number of ether oxygens (including phenoxy) is 1. The molecule has 0 aliphatic carbocycles. The lowest BCUT2D eigenvalue weighted by Gasteiger charge is -2.16. The molecule has 3 nitrogen and oxygen atoms in total. The fourth-order valence-corrected chi connectivity index (χ4v) is 2.96. The minimum absolute atomic E-state index is 0.369. The molecule has 2 rings (SSSR count). The third-order valence-corrected chi connectivity index (χ3v) is 3.76. The molecule has 1 aromatic rings. The molecule has 88 valence electrons. The maximum Gasteiger partial charge on any atom is 0.139 e. The predicted molar refractivity (Wildman–Crippen MR) is 67.3 cm³/mol. The molecule has 0 radical (unpaired) electrons. The first-order valence-electron chi connectivity index (χ1n) is 5.41. The molecule has 0 bridgehead atoms. The normalized spacial score (nSPS) is 20.1. The van der Waals surface area contributed by atoms with E-state index in [4.69, 9.17) is 4.74 Å². The summed E-state index contributed by atoms with van der Waals surface area (Å²) in [5, 5.41) is 13.5. The number of rotatable bonds is 2. The summed E-state index contributed by atoms with van der Waals surface area (Å²) in [6.07, 6.45) is 1.08. The van der Waals surface area contributed by atoms with Crippen LogP contribution in [0.3, 0.4) is 0 Å². The summed E-state index contributed by atoms with van der Waals surface area (Å²) < 4.78 is 6.16. The van der Waals surface area contributed by atoms with Crippen molar-refractivity contribution in [2.45, 2.75) is 19.3 Å². The number of phenols is 1. The molecule has 1 aliphatic heterocycles. The van der Waals surface area contributed by atoms with E-state index in [0.29, 0.717) is 17.4 Å². The van der Waals surface area contributed by atoms with Gasteiger partial charge in [0.15, 0.2) is 0 Å². The first-order valence-corrected chi connectivity index (χ1v) is 6.21. The quantitative estimate of drug-likeness (QED) is 0.878. The fourth-order valence-electron chi connectivity index (χ4n) is 2.26. The number of hydrogen-bond acceptors (Lipinski definition) is 3. The molecular weight excluding hydrogens is 270 g/mol. The number of benzene rings is 1. The van der Waals surface area contributed by atoms with E-state index in [9.17, 15) is 5.11 Å². The van der Waals surface area contributed by atoms with Crippen LogP contribution in [-0.2, 0) is 0 Å². The van der Waals surface area contributed by atoms with Gasteiger partial charge in [0.1, 0.15) is 11.5 Å². The van der Waals surface area contributed by atoms with Gasteiger partial charge in [0.05, 0.1) is 11.6 Å². The van der Waals surface area contributed by atoms with Crippen molar-refractivity contribution in [2.75, 3.05) is 20.2 Å². The van der Waals surface area contributed by atoms with Gasteiger partial charge in [-0.1, -0.05) is 0 Å². The lowest BCUT2D eigenvalue weighted by atomic mass is 9.95. The Morgan fingerprint density at radius 3 is 2.88 bits per heavy atom. The molecule has 1 atom stereocenters. The van der Waals surface area contributed by atoms with Crippen LogP contribution in [0.4, 0.5) is 0 Å². The number of phenolic OH excluding ortho intramolecular Hbond substituents is 1. The van der Waals surface area contributed by atoms with Gasteiger partial charge in [0.25, 0.3) is 0 Å². The molecule has 4 heteroatoms. The van der Waals surface area contributed by atoms with E-state index in [2.05, 4.69) is 21.2 Å². The van der Waals surface area contributed by atoms with Gasteiger partial charge < -0.3 is 15.2 Å². The Morgan fingerprint density at radius 1 is 1.56 bits per heavy atom. The van der Waals surface area contributed by atoms with Crippen LogP contribution in [0.25, 0.3) is 0 Å². The van der Waals surface area contributed by atoms with Gasteiger partial charge in [-0.25, -0.2) is 0 Å². The molecule has 1 saturated heterocycles. The average Bonchev–Trinajstić information content (AvgIpc) is 2.77. The first kappa shape index (κ1) is 11.7. The lowest BCUT2D eigenvalue weighted by Crippen LogP contribution is -2.08. The van der Waals surface area contributed by atoms with Gasteiger partial charge in [-0.3, -0.25) is 0 Å². The van der Waals surface area contributed by atoms with E-state index >= 15 is 0 Å². The van der Waals surface area contributed by atoms with Crippen LogP contribution in [-0.4, -0.2) is 25.3 Å². The van der Waals surface area contributed by atoms with Gasteiger partial charge in [-0.2, -0.15) is 0 Å². The minimum Gasteiger partial charge on any atom is -0.507 e. The molecule has 0 saturated carbocycles. The Kier molecular flexibility index (Phi) is 3.40. The molecule has 16 heavy (non-hydrogen) atoms. The smallest absolute Gasteiger partial charge is 0.139 e. The van der Waals surface area contributed by atoms with Crippen LogP contribution < -0.4 is 10.1 Å². The topological polar surface area (TPSA) is 41.5 Å². The molecular formula is C12H16BrNO2. The second-order valence-electron chi connectivity index (χ2n) is 4.14. The number of nitrogens with one attached hydrogen (secondary N) is 1. The predicted octanol–water partition coefficient (Wildman–Crippen LogP) is 2.55. The number of aromatic hydroxyl groups is 1. The second kappa shape index (κ2) is 4.63. The van der Waals surface area contributed by atoms with Crippen molar-refractivity contribution in [1.29, 1.82) is 0 Å². The number of halogens is 1. The zero-order chi connectivity index (χ0) is 11.7. The summed E-state index contributed by atoms with van der Waals surface area (Å²) in [5.74, 6) is 1.49. The Bertz CT molecular complexity index is 400. The molecule has 1 unspecified atom stereocenters. The van der Waals surface area contributed by atoms with Gasteiger partial charge >= 0.3 is 0 Å². The molecule has 0 spiro atoms. The Labute approximate surface area is 104 Å². The third kappa shape index (κ3) is 1.92. The van der Waals surface area contributed by atoms with Gasteiger partial charge in [0, 0.05) is 18.0 Å². The van der Waals surface area contributed by atoms with E-state index in [1.54, 1.807) is 7.11 Å². The molecule has 0 aromatic heterocycles. The first-order chi connectivity index (χ1) is 7.65. The monoisotopic (exact) mass is 285 g/mol. The molecule has 1 fully saturated rings. The van der Waals surface area contributed by atoms with E-state index in [0.717, 1.165) is 35.1 Å². The lowest BCUT2D eigenvalue weighted by molar-refractivity contribution is 0.397. The third-order valence-electron chi connectivity index (χ3n) is 3.17. The van der Waals surface area contributed by atoms with Crippen LogP contribution in [0.5, 0.6) is 11.5 Å². The van der Waals surface area contributed by atoms with Crippen LogP contribution in [0.1, 0.15) is 23.5 Å². The van der Waals surface area contributed by atoms with Gasteiger partial charge in [0.2, 0.25) is 0 Å². The Balaban J connectivity index is 2.46. The summed E-state index contributed by atoms with van der Waals surface area (Å²) in [6, 6.07) is 1.97. The molecule has 0 amide bonds. The Morgan fingerprint density at radius 2 is 2.31 bits per heavy atom. The molecule has 1 heterocycles. The standard InChI is InChI=1S/C12H16BrNO2/c1-7-11(15)9(8-3-4-14-6-8)5-10(13)12(7)16-2/h5,8,14-15H,3-4,6H2,1-2H3. The maximum absolute atomic E-state index is 10.2. The highest BCUT2D eigenvalue weighted by atomic mass is 79.9. The summed E-state index contributed by atoms with van der Waals surface area (Å²) >= 11 is 3.48. The van der Waals surface area contributed by atoms with E-state index < -0.39 is 0 Å². The van der Waals surface area contributed by atoms with Crippen molar-refractivity contribution in [3.05, 3.63) is 21.7 Å². The highest BCUT2D eigenvalue weighted by Gasteiger charge is 2.23. The van der Waals surface area contributed by atoms with E-state index in [1.165, 1.54) is 0 Å². The zero-order valence-electron chi connectivity index (χ0n) is 9.51. The van der Waals surface area contributed by atoms with Crippen LogP contribution in [0.2, 0.25) is 0 Å². The van der Waals surface area contributed by atoms with Crippen molar-refractivity contribution >= 4 is 15.9 Å². The zero-order valence-corrected chi connectivity index (χ0v) is 11.1.